The smallest absolute Gasteiger partial charge is 0.327 e. The van der Waals surface area contributed by atoms with Crippen LogP contribution in [0, 0.1) is 0 Å². The third-order valence-electron chi connectivity index (χ3n) is 2.43. The van der Waals surface area contributed by atoms with Crippen LogP contribution < -0.4 is 5.73 Å². The van der Waals surface area contributed by atoms with Crippen LogP contribution in [0.15, 0.2) is 0 Å². The second-order valence-corrected chi connectivity index (χ2v) is 5.49. The van der Waals surface area contributed by atoms with Gasteiger partial charge in [0.15, 0.2) is 5.78 Å². The summed E-state index contributed by atoms with van der Waals surface area (Å²) < 4.78 is 0. The number of rotatable bonds is 4. The number of hydrogen-bond acceptors (Lipinski definition) is 6. The second kappa shape index (κ2) is 5.74. The lowest BCUT2D eigenvalue weighted by Crippen LogP contribution is -2.53. The Bertz CT molecular complexity index is 348. The van der Waals surface area contributed by atoms with E-state index in [2.05, 4.69) is 12.6 Å². The molecule has 3 N–H and O–H groups in total. The number of ketones is 1. The Labute approximate surface area is 108 Å². The Morgan fingerprint density at radius 1 is 1.53 bits per heavy atom. The minimum atomic E-state index is -1.33. The van der Waals surface area contributed by atoms with Gasteiger partial charge in [-0.3, -0.25) is 9.59 Å². The summed E-state index contributed by atoms with van der Waals surface area (Å²) in [5, 5.41) is 8.27. The molecule has 1 aliphatic heterocycles. The van der Waals surface area contributed by atoms with E-state index in [4.69, 9.17) is 10.8 Å². The van der Waals surface area contributed by atoms with Gasteiger partial charge in [-0.25, -0.2) is 4.79 Å². The number of Topliss-reactive ketones (excluding diaryl/α,β-unsaturated/α-hetero) is 1. The molecule has 0 unspecified atom stereocenters. The third kappa shape index (κ3) is 3.14. The van der Waals surface area contributed by atoms with Crippen LogP contribution in [0.25, 0.3) is 0 Å². The fourth-order valence-corrected chi connectivity index (χ4v) is 2.74. The molecule has 6 nitrogen and oxygen atoms in total. The average molecular weight is 278 g/mol. The Morgan fingerprint density at radius 2 is 2.12 bits per heavy atom. The Morgan fingerprint density at radius 3 is 2.59 bits per heavy atom. The first-order valence-corrected chi connectivity index (χ1v) is 6.61. The highest BCUT2D eigenvalue weighted by molar-refractivity contribution is 7.99. The van der Waals surface area contributed by atoms with Gasteiger partial charge < -0.3 is 15.7 Å². The fourth-order valence-electron chi connectivity index (χ4n) is 1.42. The Hall–Kier alpha value is -0.730. The zero-order chi connectivity index (χ0) is 13.2. The molecule has 3 atom stereocenters. The van der Waals surface area contributed by atoms with Crippen LogP contribution in [-0.2, 0) is 14.4 Å². The van der Waals surface area contributed by atoms with Crippen molar-refractivity contribution in [2.75, 3.05) is 11.6 Å². The van der Waals surface area contributed by atoms with Gasteiger partial charge in [-0.2, -0.15) is 12.6 Å². The topological polar surface area (TPSA) is 101 Å². The highest BCUT2D eigenvalue weighted by Crippen LogP contribution is 2.22. The summed E-state index contributed by atoms with van der Waals surface area (Å²) in [7, 11) is 0. The SMILES string of the molecule is C[C@H](S)C(=O)[C@@H](N)C(=O)N1CSC[C@H]1C(=O)O. The van der Waals surface area contributed by atoms with Gasteiger partial charge in [0.25, 0.3) is 0 Å². The number of nitrogens with two attached hydrogens (primary N) is 1. The third-order valence-corrected chi connectivity index (χ3v) is 3.70. The molecule has 0 aromatic heterocycles. The van der Waals surface area contributed by atoms with Gasteiger partial charge in [0.1, 0.15) is 12.1 Å². The molecule has 17 heavy (non-hydrogen) atoms. The predicted molar refractivity (Wildman–Crippen MR) is 67.0 cm³/mol. The van der Waals surface area contributed by atoms with Gasteiger partial charge in [0.05, 0.1) is 11.1 Å². The van der Waals surface area contributed by atoms with E-state index < -0.39 is 35.0 Å². The van der Waals surface area contributed by atoms with E-state index in [9.17, 15) is 14.4 Å². The number of thioether (sulfide) groups is 1. The van der Waals surface area contributed by atoms with Crippen LogP contribution in [0.2, 0.25) is 0 Å². The van der Waals surface area contributed by atoms with Gasteiger partial charge in [-0.05, 0) is 6.92 Å². The molecule has 0 bridgehead atoms. The summed E-state index contributed by atoms with van der Waals surface area (Å²) in [6, 6.07) is -2.23. The van der Waals surface area contributed by atoms with E-state index in [1.807, 2.05) is 0 Å². The molecule has 1 heterocycles. The Balaban J connectivity index is 2.76. The molecule has 1 rings (SSSR count). The largest absolute Gasteiger partial charge is 0.480 e. The number of thiol groups is 1. The van der Waals surface area contributed by atoms with E-state index in [-0.39, 0.29) is 5.88 Å². The van der Waals surface area contributed by atoms with Gasteiger partial charge in [-0.15, -0.1) is 11.8 Å². The number of carboxylic acid groups (broad SMARTS) is 1. The second-order valence-electron chi connectivity index (χ2n) is 3.72. The molecule has 96 valence electrons. The van der Waals surface area contributed by atoms with E-state index >= 15 is 0 Å². The minimum absolute atomic E-state index is 0.248. The minimum Gasteiger partial charge on any atom is -0.480 e. The standard InChI is InChI=1S/C9H14N2O4S2/c1-4(16)7(12)6(10)8(13)11-3-17-2-5(11)9(14)15/h4-6,16H,2-3,10H2,1H3,(H,14,15)/t4-,5-,6+/m0/s1. The maximum Gasteiger partial charge on any atom is 0.327 e. The summed E-state index contributed by atoms with van der Waals surface area (Å²) in [5.74, 6) is -1.66. The van der Waals surface area contributed by atoms with E-state index in [0.717, 1.165) is 4.90 Å². The molecule has 1 saturated heterocycles. The van der Waals surface area contributed by atoms with Crippen LogP contribution in [-0.4, -0.2) is 56.6 Å². The molecule has 1 aliphatic rings. The molecule has 0 aromatic rings. The van der Waals surface area contributed by atoms with Crippen LogP contribution in [0.5, 0.6) is 0 Å². The number of hydrogen-bond donors (Lipinski definition) is 3. The lowest BCUT2D eigenvalue weighted by atomic mass is 10.1. The molecule has 1 amide bonds. The first-order valence-electron chi connectivity index (χ1n) is 4.94. The molecule has 0 saturated carbocycles. The van der Waals surface area contributed by atoms with Gasteiger partial charge in [0.2, 0.25) is 5.91 Å². The molecule has 0 radical (unpaired) electrons. The zero-order valence-electron chi connectivity index (χ0n) is 9.20. The maximum atomic E-state index is 11.9. The van der Waals surface area contributed by atoms with Crippen molar-refractivity contribution in [3.05, 3.63) is 0 Å². The summed E-state index contributed by atoms with van der Waals surface area (Å²) in [6.45, 7) is 1.52. The number of amides is 1. The van der Waals surface area contributed by atoms with Crippen LogP contribution >= 0.6 is 24.4 Å². The highest BCUT2D eigenvalue weighted by Gasteiger charge is 2.38. The van der Waals surface area contributed by atoms with Gasteiger partial charge >= 0.3 is 5.97 Å². The summed E-state index contributed by atoms with van der Waals surface area (Å²) in [4.78, 5) is 35.4. The molecular weight excluding hydrogens is 264 g/mol. The molecular formula is C9H14N2O4S2. The molecule has 0 spiro atoms. The van der Waals surface area contributed by atoms with Crippen LogP contribution in [0.1, 0.15) is 6.92 Å². The van der Waals surface area contributed by atoms with Crippen molar-refractivity contribution < 1.29 is 19.5 Å². The van der Waals surface area contributed by atoms with Gasteiger partial charge in [-0.1, -0.05) is 0 Å². The van der Waals surface area contributed by atoms with Crippen molar-refractivity contribution in [2.45, 2.75) is 24.3 Å². The number of carbonyl (C=O) groups is 3. The number of nitrogens with zero attached hydrogens (tertiary/aromatic N) is 1. The monoisotopic (exact) mass is 278 g/mol. The van der Waals surface area contributed by atoms with Crippen LogP contribution in [0.4, 0.5) is 0 Å². The van der Waals surface area contributed by atoms with Crippen molar-refractivity contribution in [3.8, 4) is 0 Å². The van der Waals surface area contributed by atoms with Crippen molar-refractivity contribution in [1.29, 1.82) is 0 Å². The molecule has 0 aromatic carbocycles. The first-order chi connectivity index (χ1) is 7.86. The summed E-state index contributed by atoms with van der Waals surface area (Å²) >= 11 is 5.23. The van der Waals surface area contributed by atoms with E-state index in [1.165, 1.54) is 18.7 Å². The van der Waals surface area contributed by atoms with E-state index in [0.29, 0.717) is 5.75 Å². The van der Waals surface area contributed by atoms with Crippen molar-refractivity contribution in [1.82, 2.24) is 4.90 Å². The quantitative estimate of drug-likeness (QED) is 0.459. The lowest BCUT2D eigenvalue weighted by Gasteiger charge is -2.23. The highest BCUT2D eigenvalue weighted by atomic mass is 32.2. The van der Waals surface area contributed by atoms with Crippen molar-refractivity contribution >= 4 is 42.1 Å². The normalized spacial score (nSPS) is 23.2. The van der Waals surface area contributed by atoms with Crippen LogP contribution in [0.3, 0.4) is 0 Å². The fraction of sp³-hybridized carbons (Fsp3) is 0.667. The molecule has 0 aliphatic carbocycles. The lowest BCUT2D eigenvalue weighted by molar-refractivity contribution is -0.149. The average Bonchev–Trinajstić information content (AvgIpc) is 2.74. The summed E-state index contributed by atoms with van der Waals surface area (Å²) in [5.41, 5.74) is 5.51. The van der Waals surface area contributed by atoms with E-state index in [1.54, 1.807) is 0 Å². The van der Waals surface area contributed by atoms with Crippen molar-refractivity contribution in [3.63, 3.8) is 0 Å². The predicted octanol–water partition coefficient (Wildman–Crippen LogP) is -0.813. The number of carbonyl (C=O) groups excluding carboxylic acids is 2. The van der Waals surface area contributed by atoms with Gasteiger partial charge in [0, 0.05) is 5.75 Å². The first kappa shape index (κ1) is 14.3. The Kier molecular flexibility index (Phi) is 4.84. The molecule has 8 heteroatoms. The molecule has 1 fully saturated rings. The number of carboxylic acids is 1. The number of aliphatic carboxylic acids is 1. The maximum absolute atomic E-state index is 11.9. The summed E-state index contributed by atoms with van der Waals surface area (Å²) in [6.07, 6.45) is 0. The van der Waals surface area contributed by atoms with Crippen molar-refractivity contribution in [2.24, 2.45) is 5.73 Å². The zero-order valence-corrected chi connectivity index (χ0v) is 10.9.